The molecule has 0 aliphatic heterocycles. The van der Waals surface area contributed by atoms with Crippen LogP contribution in [0.1, 0.15) is 11.3 Å². The van der Waals surface area contributed by atoms with E-state index in [0.29, 0.717) is 11.3 Å². The van der Waals surface area contributed by atoms with Gasteiger partial charge in [0.15, 0.2) is 0 Å². The Hall–Kier alpha value is -3.86. The van der Waals surface area contributed by atoms with Crippen molar-refractivity contribution >= 4 is 22.7 Å². The number of aliphatic carboxylic acids is 1. The fraction of sp³-hybridized carbons (Fsp3) is 0.176. The summed E-state index contributed by atoms with van der Waals surface area (Å²) in [7, 11) is 0. The predicted octanol–water partition coefficient (Wildman–Crippen LogP) is 0.606. The lowest BCUT2D eigenvalue weighted by Crippen LogP contribution is -2.31. The summed E-state index contributed by atoms with van der Waals surface area (Å²) in [5.41, 5.74) is -0.936. The molecule has 0 aliphatic rings. The third kappa shape index (κ3) is 4.27. The summed E-state index contributed by atoms with van der Waals surface area (Å²) in [6.45, 7) is -0.206. The molecule has 144 valence electrons. The van der Waals surface area contributed by atoms with Gasteiger partial charge in [-0.25, -0.2) is 0 Å². The zero-order valence-electron chi connectivity index (χ0n) is 14.4. The van der Waals surface area contributed by atoms with E-state index >= 15 is 0 Å². The number of fused-ring (bicyclic) bond motifs is 1. The first-order valence-corrected chi connectivity index (χ1v) is 8.11. The van der Waals surface area contributed by atoms with Crippen LogP contribution in [0.3, 0.4) is 0 Å². The van der Waals surface area contributed by atoms with E-state index in [2.05, 4.69) is 15.0 Å². The second-order valence-electron chi connectivity index (χ2n) is 6.05. The highest BCUT2D eigenvalue weighted by atomic mass is 16.6. The summed E-state index contributed by atoms with van der Waals surface area (Å²) in [6.07, 6.45) is 1.57. The molecule has 1 aromatic carbocycles. The Morgan fingerprint density at radius 3 is 2.57 bits per heavy atom. The monoisotopic (exact) mass is 385 g/mol. The van der Waals surface area contributed by atoms with Crippen LogP contribution in [0.2, 0.25) is 0 Å². The SMILES string of the molecule is O=C(O)CN(Cc1ccccn1)Cc1cc([N+](=O)[O-])cc2[nH]c(=O)c(=O)[nH]c12. The second kappa shape index (κ2) is 7.80. The van der Waals surface area contributed by atoms with E-state index in [1.807, 2.05) is 0 Å². The normalized spacial score (nSPS) is 11.0. The Labute approximate surface area is 156 Å². The van der Waals surface area contributed by atoms with Crippen LogP contribution in [0.25, 0.3) is 11.0 Å². The van der Waals surface area contributed by atoms with Crippen LogP contribution in [0.15, 0.2) is 46.1 Å². The van der Waals surface area contributed by atoms with Gasteiger partial charge in [0.1, 0.15) is 0 Å². The van der Waals surface area contributed by atoms with Crippen LogP contribution in [-0.4, -0.2) is 42.4 Å². The molecular formula is C17H15N5O6. The third-order valence-corrected chi connectivity index (χ3v) is 3.97. The maximum absolute atomic E-state index is 11.7. The number of non-ortho nitro benzene ring substituents is 1. The number of hydrogen-bond acceptors (Lipinski definition) is 7. The van der Waals surface area contributed by atoms with Gasteiger partial charge in [-0.1, -0.05) is 6.07 Å². The van der Waals surface area contributed by atoms with Gasteiger partial charge in [-0.3, -0.25) is 34.4 Å². The van der Waals surface area contributed by atoms with Gasteiger partial charge >= 0.3 is 17.1 Å². The molecule has 11 heteroatoms. The smallest absolute Gasteiger partial charge is 0.317 e. The minimum absolute atomic E-state index is 0.0248. The Morgan fingerprint density at radius 2 is 1.93 bits per heavy atom. The van der Waals surface area contributed by atoms with Crippen molar-refractivity contribution in [1.82, 2.24) is 19.9 Å². The van der Waals surface area contributed by atoms with Crippen molar-refractivity contribution in [2.75, 3.05) is 6.54 Å². The molecule has 0 saturated heterocycles. The molecule has 0 aliphatic carbocycles. The van der Waals surface area contributed by atoms with Crippen LogP contribution in [-0.2, 0) is 17.9 Å². The molecule has 3 N–H and O–H groups in total. The van der Waals surface area contributed by atoms with Crippen molar-refractivity contribution in [2.45, 2.75) is 13.1 Å². The number of aromatic amines is 2. The zero-order valence-corrected chi connectivity index (χ0v) is 14.4. The van der Waals surface area contributed by atoms with E-state index < -0.39 is 22.0 Å². The number of carboxylic acids is 1. The lowest BCUT2D eigenvalue weighted by molar-refractivity contribution is -0.384. The van der Waals surface area contributed by atoms with Crippen molar-refractivity contribution in [3.05, 3.63) is 78.6 Å². The molecule has 28 heavy (non-hydrogen) atoms. The van der Waals surface area contributed by atoms with Crippen molar-refractivity contribution < 1.29 is 14.8 Å². The number of nitro groups is 1. The Kier molecular flexibility index (Phi) is 5.27. The van der Waals surface area contributed by atoms with Crippen molar-refractivity contribution in [3.8, 4) is 0 Å². The van der Waals surface area contributed by atoms with Crippen LogP contribution in [0, 0.1) is 10.1 Å². The van der Waals surface area contributed by atoms with Crippen LogP contribution >= 0.6 is 0 Å². The summed E-state index contributed by atoms with van der Waals surface area (Å²) in [4.78, 5) is 55.5. The summed E-state index contributed by atoms with van der Waals surface area (Å²) in [5, 5.41) is 20.4. The average Bonchev–Trinajstić information content (AvgIpc) is 2.63. The molecule has 3 aromatic rings. The molecule has 0 saturated carbocycles. The Bertz CT molecular complexity index is 1150. The number of carbonyl (C=O) groups is 1. The molecule has 11 nitrogen and oxygen atoms in total. The van der Waals surface area contributed by atoms with E-state index in [1.165, 1.54) is 11.0 Å². The highest BCUT2D eigenvalue weighted by molar-refractivity contribution is 5.80. The molecule has 2 heterocycles. The molecular weight excluding hydrogens is 370 g/mol. The molecule has 0 spiro atoms. The number of carboxylic acid groups (broad SMARTS) is 1. The lowest BCUT2D eigenvalue weighted by atomic mass is 10.1. The Balaban J connectivity index is 2.07. The molecule has 0 bridgehead atoms. The van der Waals surface area contributed by atoms with Crippen LogP contribution in [0.4, 0.5) is 5.69 Å². The summed E-state index contributed by atoms with van der Waals surface area (Å²) >= 11 is 0. The molecule has 2 aromatic heterocycles. The number of hydrogen-bond donors (Lipinski definition) is 3. The quantitative estimate of drug-likeness (QED) is 0.302. The number of nitro benzene ring substituents is 1. The van der Waals surface area contributed by atoms with E-state index in [0.717, 1.165) is 6.07 Å². The van der Waals surface area contributed by atoms with Gasteiger partial charge in [0, 0.05) is 31.4 Å². The zero-order chi connectivity index (χ0) is 20.3. The van der Waals surface area contributed by atoms with Crippen LogP contribution in [0.5, 0.6) is 0 Å². The first-order valence-electron chi connectivity index (χ1n) is 8.11. The third-order valence-electron chi connectivity index (χ3n) is 3.97. The number of rotatable bonds is 7. The average molecular weight is 385 g/mol. The topological polar surface area (TPSA) is 162 Å². The molecule has 0 unspecified atom stereocenters. The van der Waals surface area contributed by atoms with Crippen molar-refractivity contribution in [1.29, 1.82) is 0 Å². The van der Waals surface area contributed by atoms with Gasteiger partial charge in [0.25, 0.3) is 5.69 Å². The van der Waals surface area contributed by atoms with E-state index in [1.54, 1.807) is 24.4 Å². The summed E-state index contributed by atoms with van der Waals surface area (Å²) < 4.78 is 0. The number of benzene rings is 1. The fourth-order valence-corrected chi connectivity index (χ4v) is 2.83. The standard InChI is InChI=1S/C17H15N5O6/c23-14(24)9-21(8-11-3-1-2-4-18-11)7-10-5-12(22(27)28)6-13-15(10)20-17(26)16(25)19-13/h1-6H,7-9H2,(H,19,25)(H,20,26)(H,23,24). The molecule has 0 amide bonds. The lowest BCUT2D eigenvalue weighted by Gasteiger charge is -2.20. The predicted molar refractivity (Wildman–Crippen MR) is 97.8 cm³/mol. The highest BCUT2D eigenvalue weighted by Gasteiger charge is 2.18. The maximum Gasteiger partial charge on any atom is 0.317 e. The molecule has 0 atom stereocenters. The van der Waals surface area contributed by atoms with Gasteiger partial charge in [-0.2, -0.15) is 0 Å². The van der Waals surface area contributed by atoms with Crippen LogP contribution < -0.4 is 11.1 Å². The van der Waals surface area contributed by atoms with E-state index in [4.69, 9.17) is 0 Å². The van der Waals surface area contributed by atoms with Crippen molar-refractivity contribution in [2.24, 2.45) is 0 Å². The van der Waals surface area contributed by atoms with Gasteiger partial charge < -0.3 is 15.1 Å². The van der Waals surface area contributed by atoms with Gasteiger partial charge in [0.2, 0.25) is 0 Å². The maximum atomic E-state index is 11.7. The first kappa shape index (κ1) is 18.9. The van der Waals surface area contributed by atoms with Gasteiger partial charge in [-0.15, -0.1) is 0 Å². The fourth-order valence-electron chi connectivity index (χ4n) is 2.83. The molecule has 0 fully saturated rings. The van der Waals surface area contributed by atoms with Crippen molar-refractivity contribution in [3.63, 3.8) is 0 Å². The van der Waals surface area contributed by atoms with E-state index in [9.17, 15) is 29.6 Å². The largest absolute Gasteiger partial charge is 0.480 e. The minimum Gasteiger partial charge on any atom is -0.480 e. The van der Waals surface area contributed by atoms with Gasteiger partial charge in [-0.05, 0) is 17.7 Å². The summed E-state index contributed by atoms with van der Waals surface area (Å²) in [5.74, 6) is -1.09. The number of H-pyrrole nitrogens is 2. The number of nitrogens with zero attached hydrogens (tertiary/aromatic N) is 3. The number of pyridine rings is 1. The number of aromatic nitrogens is 3. The minimum atomic E-state index is -1.09. The van der Waals surface area contributed by atoms with E-state index in [-0.39, 0.29) is 36.4 Å². The Morgan fingerprint density at radius 1 is 1.18 bits per heavy atom. The molecule has 3 rings (SSSR count). The number of nitrogens with one attached hydrogen (secondary N) is 2. The molecule has 0 radical (unpaired) electrons. The highest BCUT2D eigenvalue weighted by Crippen LogP contribution is 2.23. The van der Waals surface area contributed by atoms with Gasteiger partial charge in [0.05, 0.1) is 28.2 Å². The first-order chi connectivity index (χ1) is 13.3. The second-order valence-corrected chi connectivity index (χ2v) is 6.05. The summed E-state index contributed by atoms with van der Waals surface area (Å²) in [6, 6.07) is 7.58.